The van der Waals surface area contributed by atoms with Crippen LogP contribution in [0.15, 0.2) is 60.7 Å². The first-order valence-corrected chi connectivity index (χ1v) is 19.5. The minimum atomic E-state index is -1.35. The number of unbranched alkanes of at least 4 members (excludes halogenated alkanes) is 1. The molecule has 2 aromatic rings. The van der Waals surface area contributed by atoms with Crippen molar-refractivity contribution in [1.29, 1.82) is 0 Å². The Morgan fingerprint density at radius 1 is 0.875 bits per heavy atom. The Morgan fingerprint density at radius 2 is 1.45 bits per heavy atom. The van der Waals surface area contributed by atoms with Crippen molar-refractivity contribution in [2.24, 2.45) is 23.1 Å². The third-order valence-corrected chi connectivity index (χ3v) is 8.79. The molecular formula is C41H66N8O7. The number of benzene rings is 2. The second-order valence-electron chi connectivity index (χ2n) is 14.0. The van der Waals surface area contributed by atoms with E-state index in [9.17, 15) is 28.8 Å². The highest BCUT2D eigenvalue weighted by Crippen LogP contribution is 2.11. The molecule has 1 aliphatic heterocycles. The van der Waals surface area contributed by atoms with Gasteiger partial charge in [-0.25, -0.2) is 4.79 Å². The SMILES string of the molecule is CCCCN.CCOC(=O)C(N)C(=O)NC1CCN(C(=O)CNC(=O)C(CC(C)C)NC)CC1.NC(Cc1ccccc1)C(=O)N[C@@H](C=O)Cc1ccccc1. The van der Waals surface area contributed by atoms with Crippen LogP contribution in [-0.4, -0.2) is 111 Å². The maximum Gasteiger partial charge on any atom is 0.332 e. The molecule has 3 unspecified atom stereocenters. The van der Waals surface area contributed by atoms with Crippen molar-refractivity contribution in [3.05, 3.63) is 71.8 Å². The van der Waals surface area contributed by atoms with Crippen LogP contribution in [0.25, 0.3) is 0 Å². The summed E-state index contributed by atoms with van der Waals surface area (Å²) < 4.78 is 4.74. The Morgan fingerprint density at radius 3 is 1.91 bits per heavy atom. The van der Waals surface area contributed by atoms with Gasteiger partial charge in [0.25, 0.3) is 0 Å². The summed E-state index contributed by atoms with van der Waals surface area (Å²) in [5.74, 6) is -1.64. The predicted molar refractivity (Wildman–Crippen MR) is 218 cm³/mol. The summed E-state index contributed by atoms with van der Waals surface area (Å²) >= 11 is 0. The van der Waals surface area contributed by atoms with E-state index in [1.165, 1.54) is 12.8 Å². The maximum atomic E-state index is 12.4. The third-order valence-electron chi connectivity index (χ3n) is 8.79. The average molecular weight is 783 g/mol. The minimum absolute atomic E-state index is 0.0557. The quantitative estimate of drug-likeness (QED) is 0.0602. The summed E-state index contributed by atoms with van der Waals surface area (Å²) in [6.07, 6.45) is 5.84. The maximum absolute atomic E-state index is 12.4. The molecule has 0 aromatic heterocycles. The summed E-state index contributed by atoms with van der Waals surface area (Å²) in [6, 6.07) is 16.1. The van der Waals surface area contributed by atoms with Crippen LogP contribution in [0, 0.1) is 5.92 Å². The van der Waals surface area contributed by atoms with Gasteiger partial charge >= 0.3 is 5.97 Å². The number of likely N-dealkylation sites (tertiary alicyclic amines) is 1. The monoisotopic (exact) mass is 783 g/mol. The predicted octanol–water partition coefficient (Wildman–Crippen LogP) is 0.962. The molecule has 0 saturated carbocycles. The van der Waals surface area contributed by atoms with Gasteiger partial charge in [-0.15, -0.1) is 0 Å². The van der Waals surface area contributed by atoms with Gasteiger partial charge in [0.2, 0.25) is 23.6 Å². The van der Waals surface area contributed by atoms with Crippen molar-refractivity contribution in [2.75, 3.05) is 39.8 Å². The molecule has 4 amide bonds. The van der Waals surface area contributed by atoms with Gasteiger partial charge in [0.15, 0.2) is 6.04 Å². The van der Waals surface area contributed by atoms with Gasteiger partial charge in [-0.2, -0.15) is 0 Å². The molecule has 1 heterocycles. The molecule has 0 radical (unpaired) electrons. The van der Waals surface area contributed by atoms with E-state index < -0.39 is 30.0 Å². The summed E-state index contributed by atoms with van der Waals surface area (Å²) in [5.41, 5.74) is 18.6. The summed E-state index contributed by atoms with van der Waals surface area (Å²) in [5, 5.41) is 11.1. The Balaban J connectivity index is 0.000000512. The number of carbonyl (C=O) groups is 6. The van der Waals surface area contributed by atoms with Crippen LogP contribution in [0.4, 0.5) is 0 Å². The van der Waals surface area contributed by atoms with Crippen LogP contribution in [0.3, 0.4) is 0 Å². The number of ether oxygens (including phenoxy) is 1. The lowest BCUT2D eigenvalue weighted by Gasteiger charge is -2.33. The number of esters is 1. The van der Waals surface area contributed by atoms with Crippen LogP contribution in [0.1, 0.15) is 70.9 Å². The minimum Gasteiger partial charge on any atom is -0.464 e. The highest BCUT2D eigenvalue weighted by atomic mass is 16.5. The molecule has 0 aliphatic carbocycles. The van der Waals surface area contributed by atoms with E-state index in [0.717, 1.165) is 24.0 Å². The fourth-order valence-corrected chi connectivity index (χ4v) is 5.58. The van der Waals surface area contributed by atoms with Gasteiger partial charge in [0.1, 0.15) is 6.29 Å². The number of likely N-dealkylation sites (N-methyl/N-ethyl adjacent to an activating group) is 1. The van der Waals surface area contributed by atoms with Crippen LogP contribution < -0.4 is 38.5 Å². The lowest BCUT2D eigenvalue weighted by Crippen LogP contribution is -2.54. The number of nitrogens with one attached hydrogen (secondary N) is 4. The smallest absolute Gasteiger partial charge is 0.332 e. The number of hydrogen-bond acceptors (Lipinski definition) is 11. The van der Waals surface area contributed by atoms with E-state index in [1.54, 1.807) is 18.9 Å². The second kappa shape index (κ2) is 28.7. The van der Waals surface area contributed by atoms with Crippen LogP contribution in [-0.2, 0) is 46.3 Å². The highest BCUT2D eigenvalue weighted by molar-refractivity contribution is 6.01. The van der Waals surface area contributed by atoms with Gasteiger partial charge in [0.05, 0.1) is 31.3 Å². The van der Waals surface area contributed by atoms with Crippen molar-refractivity contribution >= 4 is 35.9 Å². The Hall–Kier alpha value is -4.70. The zero-order valence-electron chi connectivity index (χ0n) is 33.8. The Kier molecular flexibility index (Phi) is 25.3. The fourth-order valence-electron chi connectivity index (χ4n) is 5.58. The molecular weight excluding hydrogens is 716 g/mol. The highest BCUT2D eigenvalue weighted by Gasteiger charge is 2.29. The zero-order valence-corrected chi connectivity index (χ0v) is 33.8. The molecule has 1 saturated heterocycles. The van der Waals surface area contributed by atoms with Crippen molar-refractivity contribution in [2.45, 2.75) is 103 Å². The number of rotatable bonds is 19. The summed E-state index contributed by atoms with van der Waals surface area (Å²) in [6.45, 7) is 9.69. The molecule has 1 aliphatic rings. The van der Waals surface area contributed by atoms with Gasteiger partial charge in [-0.1, -0.05) is 87.9 Å². The molecule has 3 rings (SSSR count). The number of piperidine rings is 1. The number of carbonyl (C=O) groups excluding carboxylic acids is 6. The topological polar surface area (TPSA) is 241 Å². The van der Waals surface area contributed by atoms with Gasteiger partial charge in [-0.3, -0.25) is 19.2 Å². The zero-order chi connectivity index (χ0) is 41.9. The van der Waals surface area contributed by atoms with Crippen molar-refractivity contribution < 1.29 is 33.5 Å². The Labute approximate surface area is 332 Å². The first-order valence-electron chi connectivity index (χ1n) is 19.5. The number of nitrogens with two attached hydrogens (primary N) is 3. The molecule has 1 fully saturated rings. The molecule has 312 valence electrons. The second-order valence-corrected chi connectivity index (χ2v) is 14.0. The molecule has 2 aromatic carbocycles. The third kappa shape index (κ3) is 20.3. The normalized spacial score (nSPS) is 14.6. The first-order chi connectivity index (χ1) is 26.8. The van der Waals surface area contributed by atoms with E-state index in [-0.39, 0.29) is 43.0 Å². The van der Waals surface area contributed by atoms with E-state index in [0.29, 0.717) is 51.1 Å². The van der Waals surface area contributed by atoms with Crippen LogP contribution in [0.5, 0.6) is 0 Å². The van der Waals surface area contributed by atoms with Crippen molar-refractivity contribution in [3.63, 3.8) is 0 Å². The molecule has 56 heavy (non-hydrogen) atoms. The lowest BCUT2D eigenvalue weighted by molar-refractivity contribution is -0.148. The van der Waals surface area contributed by atoms with E-state index in [4.69, 9.17) is 21.9 Å². The molecule has 0 bridgehead atoms. The van der Waals surface area contributed by atoms with Crippen molar-refractivity contribution in [1.82, 2.24) is 26.2 Å². The fraction of sp³-hybridized carbons (Fsp3) is 0.561. The first kappa shape index (κ1) is 49.3. The molecule has 0 spiro atoms. The molecule has 4 atom stereocenters. The molecule has 15 heteroatoms. The van der Waals surface area contributed by atoms with Crippen LogP contribution in [0.2, 0.25) is 0 Å². The average Bonchev–Trinajstić information content (AvgIpc) is 3.20. The number of amides is 4. The number of nitrogens with zero attached hydrogens (tertiary/aromatic N) is 1. The summed E-state index contributed by atoms with van der Waals surface area (Å²) in [7, 11) is 1.72. The standard InChI is InChI=1S/C19H35N5O5.C18H20N2O2.C4H11N/c1-5-29-19(28)16(20)18(27)23-13-6-8-24(9-7-13)15(25)11-22-17(26)14(21-4)10-12(2)3;19-17(12-15-9-5-2-6-10-15)18(22)20-16(13-21)11-14-7-3-1-4-8-14;1-2-3-4-5/h12-14,16,21H,5-11,20H2,1-4H3,(H,22,26)(H,23,27);1-10,13,16-17H,11-12,19H2,(H,20,22);2-5H2,1H3/t;16-,17?;/m.1./s1. The molecule has 10 N–H and O–H groups in total. The van der Waals surface area contributed by atoms with E-state index in [2.05, 4.69) is 28.2 Å². The number of hydrogen-bond donors (Lipinski definition) is 7. The van der Waals surface area contributed by atoms with Gasteiger partial charge in [-0.05, 0) is 76.1 Å². The summed E-state index contributed by atoms with van der Waals surface area (Å²) in [4.78, 5) is 73.0. The van der Waals surface area contributed by atoms with Crippen molar-refractivity contribution in [3.8, 4) is 0 Å². The van der Waals surface area contributed by atoms with E-state index >= 15 is 0 Å². The van der Waals surface area contributed by atoms with Crippen LogP contribution >= 0.6 is 0 Å². The largest absolute Gasteiger partial charge is 0.464 e. The number of aldehydes is 1. The van der Waals surface area contributed by atoms with Gasteiger partial charge < -0.3 is 52.9 Å². The Bertz CT molecular complexity index is 1440. The van der Waals surface area contributed by atoms with Gasteiger partial charge in [0, 0.05) is 19.1 Å². The lowest BCUT2D eigenvalue weighted by atomic mass is 10.0. The molecule has 15 nitrogen and oxygen atoms in total. The van der Waals surface area contributed by atoms with E-state index in [1.807, 2.05) is 74.5 Å².